The molecule has 0 fully saturated rings. The molecule has 8 heteroatoms. The molecule has 0 bridgehead atoms. The van der Waals surface area contributed by atoms with Crippen molar-refractivity contribution in [3.63, 3.8) is 0 Å². The maximum Gasteiger partial charge on any atom is 0.254 e. The highest BCUT2D eigenvalue weighted by atomic mass is 32.2. The summed E-state index contributed by atoms with van der Waals surface area (Å²) in [4.78, 5) is 18.2. The maximum absolute atomic E-state index is 12.8. The summed E-state index contributed by atoms with van der Waals surface area (Å²) in [6.07, 6.45) is 1.68. The van der Waals surface area contributed by atoms with Crippen LogP contribution in [0.3, 0.4) is 0 Å². The van der Waals surface area contributed by atoms with Gasteiger partial charge >= 0.3 is 0 Å². The smallest absolute Gasteiger partial charge is 0.254 e. The van der Waals surface area contributed by atoms with E-state index in [2.05, 4.69) is 41.0 Å². The number of aryl methyl sites for hydroxylation is 2. The summed E-state index contributed by atoms with van der Waals surface area (Å²) < 4.78 is 25.6. The molecule has 31 heavy (non-hydrogen) atoms. The van der Waals surface area contributed by atoms with E-state index < -0.39 is 10.0 Å². The van der Waals surface area contributed by atoms with Gasteiger partial charge in [-0.25, -0.2) is 18.1 Å². The van der Waals surface area contributed by atoms with Gasteiger partial charge in [-0.05, 0) is 67.4 Å². The molecule has 0 aliphatic carbocycles. The average Bonchev–Trinajstić information content (AvgIpc) is 2.76. The quantitative estimate of drug-likeness (QED) is 0.539. The van der Waals surface area contributed by atoms with Gasteiger partial charge in [0.2, 0.25) is 10.0 Å². The van der Waals surface area contributed by atoms with Crippen LogP contribution in [-0.2, 0) is 22.3 Å². The van der Waals surface area contributed by atoms with Crippen molar-refractivity contribution >= 4 is 27.7 Å². The molecule has 0 radical (unpaired) electrons. The number of aromatic nitrogens is 1. The number of benzene rings is 2. The van der Waals surface area contributed by atoms with Gasteiger partial charge in [0.1, 0.15) is 5.03 Å². The van der Waals surface area contributed by atoms with E-state index in [0.717, 1.165) is 10.5 Å². The topological polar surface area (TPSA) is 88.2 Å². The lowest BCUT2D eigenvalue weighted by Gasteiger charge is -2.10. The monoisotopic (exact) mass is 455 g/mol. The van der Waals surface area contributed by atoms with Crippen LogP contribution in [-0.4, -0.2) is 26.4 Å². The highest BCUT2D eigenvalue weighted by molar-refractivity contribution is 7.99. The van der Waals surface area contributed by atoms with Crippen molar-refractivity contribution < 1.29 is 13.2 Å². The average molecular weight is 456 g/mol. The Morgan fingerprint density at radius 1 is 1.00 bits per heavy atom. The van der Waals surface area contributed by atoms with Crippen LogP contribution in [0, 0.1) is 13.8 Å². The zero-order valence-electron chi connectivity index (χ0n) is 17.7. The minimum Gasteiger partial charge on any atom is -0.348 e. The number of carbonyl (C=O) groups is 1. The molecule has 3 rings (SSSR count). The number of amides is 1. The number of carbonyl (C=O) groups excluding carboxylic acids is 1. The van der Waals surface area contributed by atoms with Gasteiger partial charge in [0, 0.05) is 17.6 Å². The van der Waals surface area contributed by atoms with Gasteiger partial charge in [-0.3, -0.25) is 4.79 Å². The zero-order valence-corrected chi connectivity index (χ0v) is 19.3. The lowest BCUT2D eigenvalue weighted by molar-refractivity contribution is 0.0947. The van der Waals surface area contributed by atoms with Crippen LogP contribution in [0.15, 0.2) is 70.7 Å². The van der Waals surface area contributed by atoms with Crippen molar-refractivity contribution in [1.29, 1.82) is 0 Å². The molecule has 0 unspecified atom stereocenters. The molecule has 1 amide bonds. The van der Waals surface area contributed by atoms with Gasteiger partial charge in [0.05, 0.1) is 11.3 Å². The third-order valence-electron chi connectivity index (χ3n) is 4.85. The van der Waals surface area contributed by atoms with Crippen LogP contribution >= 0.6 is 11.8 Å². The van der Waals surface area contributed by atoms with Crippen molar-refractivity contribution in [2.75, 3.05) is 7.05 Å². The Balaban J connectivity index is 1.66. The van der Waals surface area contributed by atoms with E-state index >= 15 is 0 Å². The lowest BCUT2D eigenvalue weighted by Crippen LogP contribution is -2.23. The first-order valence-corrected chi connectivity index (χ1v) is 12.2. The van der Waals surface area contributed by atoms with E-state index in [1.807, 2.05) is 18.2 Å². The number of sulfonamides is 1. The van der Waals surface area contributed by atoms with E-state index in [0.29, 0.717) is 22.7 Å². The summed E-state index contributed by atoms with van der Waals surface area (Å²) in [5.41, 5.74) is 4.49. The van der Waals surface area contributed by atoms with E-state index in [9.17, 15) is 13.2 Å². The van der Waals surface area contributed by atoms with Crippen molar-refractivity contribution in [2.24, 2.45) is 0 Å². The molecule has 0 saturated carbocycles. The maximum atomic E-state index is 12.8. The summed E-state index contributed by atoms with van der Waals surface area (Å²) in [5.74, 6) is -0.286. The van der Waals surface area contributed by atoms with E-state index in [4.69, 9.17) is 0 Å². The molecule has 0 saturated heterocycles. The summed E-state index contributed by atoms with van der Waals surface area (Å²) in [6.45, 7) is 4.46. The van der Waals surface area contributed by atoms with Crippen LogP contribution in [0.25, 0.3) is 0 Å². The third-order valence-corrected chi connectivity index (χ3v) is 7.20. The summed E-state index contributed by atoms with van der Waals surface area (Å²) >= 11 is 1.46. The van der Waals surface area contributed by atoms with E-state index in [-0.39, 0.29) is 11.7 Å². The molecule has 0 aliphatic rings. The van der Waals surface area contributed by atoms with Gasteiger partial charge in [0.25, 0.3) is 5.91 Å². The van der Waals surface area contributed by atoms with Crippen molar-refractivity contribution in [3.05, 3.63) is 88.6 Å². The Bertz CT molecular complexity index is 1180. The molecule has 6 nitrogen and oxygen atoms in total. The second-order valence-corrected chi connectivity index (χ2v) is 10.2. The summed E-state index contributed by atoms with van der Waals surface area (Å²) in [6, 6.07) is 16.8. The number of nitrogens with one attached hydrogen (secondary N) is 2. The third kappa shape index (κ3) is 6.40. The van der Waals surface area contributed by atoms with Crippen LogP contribution in [0.4, 0.5) is 0 Å². The molecule has 2 aromatic carbocycles. The van der Waals surface area contributed by atoms with E-state index in [1.165, 1.54) is 29.9 Å². The van der Waals surface area contributed by atoms with Crippen LogP contribution in [0.1, 0.15) is 32.6 Å². The van der Waals surface area contributed by atoms with Crippen molar-refractivity contribution in [1.82, 2.24) is 15.0 Å². The Kier molecular flexibility index (Phi) is 7.48. The second-order valence-electron chi connectivity index (χ2n) is 7.17. The second kappa shape index (κ2) is 10.1. The molecule has 1 aromatic heterocycles. The number of hydrogen-bond donors (Lipinski definition) is 2. The fourth-order valence-electron chi connectivity index (χ4n) is 2.86. The normalized spacial score (nSPS) is 11.3. The standard InChI is InChI=1S/C23H25N3O3S2/c1-16-6-11-20(13-17(16)2)30-23-21(5-4-12-25-23)22(27)26-14-18-7-9-19(10-8-18)15-31(28,29)24-3/h4-13,24H,14-15H2,1-3H3,(H,26,27). The SMILES string of the molecule is CNS(=O)(=O)Cc1ccc(CNC(=O)c2cccnc2Sc2ccc(C)c(C)c2)cc1. The molecular formula is C23H25N3O3S2. The van der Waals surface area contributed by atoms with Gasteiger partial charge < -0.3 is 5.32 Å². The highest BCUT2D eigenvalue weighted by Crippen LogP contribution is 2.30. The molecule has 0 spiro atoms. The van der Waals surface area contributed by atoms with Crippen molar-refractivity contribution in [2.45, 2.75) is 36.1 Å². The zero-order chi connectivity index (χ0) is 22.4. The first kappa shape index (κ1) is 23.0. The van der Waals surface area contributed by atoms with Crippen LogP contribution < -0.4 is 10.0 Å². The molecule has 0 atom stereocenters. The summed E-state index contributed by atoms with van der Waals surface area (Å²) in [7, 11) is -1.92. The molecular weight excluding hydrogens is 430 g/mol. The number of pyridine rings is 1. The Morgan fingerprint density at radius 3 is 2.39 bits per heavy atom. The number of rotatable bonds is 8. The van der Waals surface area contributed by atoms with Gasteiger partial charge in [0.15, 0.2) is 0 Å². The van der Waals surface area contributed by atoms with Gasteiger partial charge in [-0.1, -0.05) is 42.1 Å². The lowest BCUT2D eigenvalue weighted by atomic mass is 10.1. The largest absolute Gasteiger partial charge is 0.348 e. The fraction of sp³-hybridized carbons (Fsp3) is 0.217. The Morgan fingerprint density at radius 2 is 1.71 bits per heavy atom. The molecule has 1 heterocycles. The van der Waals surface area contributed by atoms with Gasteiger partial charge in [-0.2, -0.15) is 0 Å². The molecule has 2 N–H and O–H groups in total. The fourth-order valence-corrected chi connectivity index (χ4v) is 4.61. The highest BCUT2D eigenvalue weighted by Gasteiger charge is 2.14. The molecule has 0 aliphatic heterocycles. The number of hydrogen-bond acceptors (Lipinski definition) is 5. The minimum atomic E-state index is -3.31. The van der Waals surface area contributed by atoms with Gasteiger partial charge in [-0.15, -0.1) is 0 Å². The Hall–Kier alpha value is -2.68. The van der Waals surface area contributed by atoms with Crippen molar-refractivity contribution in [3.8, 4) is 0 Å². The molecule has 3 aromatic rings. The minimum absolute atomic E-state index is 0.0785. The van der Waals surface area contributed by atoms with Crippen LogP contribution in [0.5, 0.6) is 0 Å². The first-order chi connectivity index (χ1) is 14.8. The first-order valence-electron chi connectivity index (χ1n) is 9.75. The summed E-state index contributed by atoms with van der Waals surface area (Å²) in [5, 5.41) is 3.57. The van der Waals surface area contributed by atoms with Crippen LogP contribution in [0.2, 0.25) is 0 Å². The Labute approximate surface area is 187 Å². The molecule has 162 valence electrons. The number of nitrogens with zero attached hydrogens (tertiary/aromatic N) is 1. The predicted octanol–water partition coefficient (Wildman–Crippen LogP) is 3.83. The van der Waals surface area contributed by atoms with E-state index in [1.54, 1.807) is 30.5 Å². The predicted molar refractivity (Wildman–Crippen MR) is 124 cm³/mol.